The van der Waals surface area contributed by atoms with Crippen molar-refractivity contribution in [2.45, 2.75) is 26.4 Å². The first kappa shape index (κ1) is 12.8. The first-order chi connectivity index (χ1) is 9.74. The van der Waals surface area contributed by atoms with Crippen LogP contribution >= 0.6 is 0 Å². The second-order valence-electron chi connectivity index (χ2n) is 5.08. The molecule has 0 saturated heterocycles. The average molecular weight is 267 g/mol. The molecule has 0 aliphatic rings. The molecule has 1 N–H and O–H groups in total. The van der Waals surface area contributed by atoms with Crippen LogP contribution in [0.3, 0.4) is 0 Å². The Morgan fingerprint density at radius 2 is 1.90 bits per heavy atom. The van der Waals surface area contributed by atoms with Gasteiger partial charge in [0.1, 0.15) is 0 Å². The van der Waals surface area contributed by atoms with Gasteiger partial charge in [-0.25, -0.2) is 0 Å². The summed E-state index contributed by atoms with van der Waals surface area (Å²) in [4.78, 5) is 4.46. The van der Waals surface area contributed by atoms with Crippen molar-refractivity contribution in [3.8, 4) is 11.5 Å². The van der Waals surface area contributed by atoms with E-state index in [2.05, 4.69) is 47.5 Å². The summed E-state index contributed by atoms with van der Waals surface area (Å²) in [6.45, 7) is 4.79. The SMILES string of the molecule is CC(C)NCc1noc(-c2cccc3ccccc23)n1. The standard InChI is InChI=1S/C16H17N3O/c1-11(2)17-10-15-18-16(20-19-15)14-9-5-7-12-6-3-4-8-13(12)14/h3-9,11,17H,10H2,1-2H3. The van der Waals surface area contributed by atoms with E-state index in [9.17, 15) is 0 Å². The molecule has 102 valence electrons. The minimum atomic E-state index is 0.398. The smallest absolute Gasteiger partial charge is 0.258 e. The van der Waals surface area contributed by atoms with Crippen molar-refractivity contribution < 1.29 is 4.52 Å². The molecule has 3 aromatic rings. The molecule has 1 heterocycles. The van der Waals surface area contributed by atoms with Crippen molar-refractivity contribution in [2.75, 3.05) is 0 Å². The number of nitrogens with zero attached hydrogens (tertiary/aromatic N) is 2. The number of benzene rings is 2. The highest BCUT2D eigenvalue weighted by atomic mass is 16.5. The highest BCUT2D eigenvalue weighted by Crippen LogP contribution is 2.27. The molecule has 0 amide bonds. The van der Waals surface area contributed by atoms with Crippen LogP contribution < -0.4 is 5.32 Å². The maximum Gasteiger partial charge on any atom is 0.258 e. The molecule has 0 bridgehead atoms. The molecule has 4 nitrogen and oxygen atoms in total. The Labute approximate surface area is 117 Å². The van der Waals surface area contributed by atoms with Crippen LogP contribution in [-0.2, 0) is 6.54 Å². The van der Waals surface area contributed by atoms with E-state index in [1.165, 1.54) is 5.39 Å². The van der Waals surface area contributed by atoms with Crippen LogP contribution in [0.15, 0.2) is 47.0 Å². The second-order valence-corrected chi connectivity index (χ2v) is 5.08. The van der Waals surface area contributed by atoms with Crippen LogP contribution in [0.4, 0.5) is 0 Å². The summed E-state index contributed by atoms with van der Waals surface area (Å²) in [6.07, 6.45) is 0. The van der Waals surface area contributed by atoms with E-state index in [-0.39, 0.29) is 0 Å². The van der Waals surface area contributed by atoms with Crippen LogP contribution in [0, 0.1) is 0 Å². The van der Waals surface area contributed by atoms with Crippen LogP contribution in [-0.4, -0.2) is 16.2 Å². The fourth-order valence-corrected chi connectivity index (χ4v) is 2.14. The van der Waals surface area contributed by atoms with Crippen molar-refractivity contribution in [2.24, 2.45) is 0 Å². The number of aromatic nitrogens is 2. The van der Waals surface area contributed by atoms with Gasteiger partial charge >= 0.3 is 0 Å². The third-order valence-electron chi connectivity index (χ3n) is 3.16. The quantitative estimate of drug-likeness (QED) is 0.787. The van der Waals surface area contributed by atoms with Gasteiger partial charge in [0.05, 0.1) is 6.54 Å². The van der Waals surface area contributed by atoms with Gasteiger partial charge in [0, 0.05) is 11.6 Å². The Bertz CT molecular complexity index is 713. The lowest BCUT2D eigenvalue weighted by molar-refractivity contribution is 0.417. The largest absolute Gasteiger partial charge is 0.334 e. The van der Waals surface area contributed by atoms with Crippen molar-refractivity contribution in [3.63, 3.8) is 0 Å². The monoisotopic (exact) mass is 267 g/mol. The summed E-state index contributed by atoms with van der Waals surface area (Å²) in [7, 11) is 0. The maximum absolute atomic E-state index is 5.39. The molecule has 4 heteroatoms. The van der Waals surface area contributed by atoms with E-state index >= 15 is 0 Å². The zero-order chi connectivity index (χ0) is 13.9. The van der Waals surface area contributed by atoms with E-state index < -0.39 is 0 Å². The van der Waals surface area contributed by atoms with Crippen molar-refractivity contribution >= 4 is 10.8 Å². The lowest BCUT2D eigenvalue weighted by Gasteiger charge is -2.03. The molecule has 0 fully saturated rings. The fourth-order valence-electron chi connectivity index (χ4n) is 2.14. The van der Waals surface area contributed by atoms with Crippen molar-refractivity contribution in [1.29, 1.82) is 0 Å². The third kappa shape index (κ3) is 2.56. The van der Waals surface area contributed by atoms with Gasteiger partial charge in [-0.05, 0) is 16.8 Å². The molecule has 0 atom stereocenters. The number of nitrogens with one attached hydrogen (secondary N) is 1. The average Bonchev–Trinajstić information content (AvgIpc) is 2.93. The van der Waals surface area contributed by atoms with E-state index in [1.54, 1.807) is 0 Å². The molecule has 0 radical (unpaired) electrons. The van der Waals surface area contributed by atoms with Crippen LogP contribution in [0.25, 0.3) is 22.2 Å². The number of hydrogen-bond donors (Lipinski definition) is 1. The molecule has 0 unspecified atom stereocenters. The molecular formula is C16H17N3O. The third-order valence-corrected chi connectivity index (χ3v) is 3.16. The Morgan fingerprint density at radius 3 is 2.75 bits per heavy atom. The summed E-state index contributed by atoms with van der Waals surface area (Å²) in [6, 6.07) is 14.7. The predicted molar refractivity (Wildman–Crippen MR) is 79.2 cm³/mol. The van der Waals surface area contributed by atoms with E-state index in [0.717, 1.165) is 10.9 Å². The van der Waals surface area contributed by atoms with Gasteiger partial charge in [0.15, 0.2) is 5.82 Å². The lowest BCUT2D eigenvalue weighted by atomic mass is 10.0. The summed E-state index contributed by atoms with van der Waals surface area (Å²) in [5.41, 5.74) is 0.978. The molecular weight excluding hydrogens is 250 g/mol. The highest BCUT2D eigenvalue weighted by molar-refractivity contribution is 5.94. The summed E-state index contributed by atoms with van der Waals surface area (Å²) < 4.78 is 5.39. The Kier molecular flexibility index (Phi) is 3.48. The molecule has 20 heavy (non-hydrogen) atoms. The van der Waals surface area contributed by atoms with E-state index in [4.69, 9.17) is 4.52 Å². The molecule has 0 aliphatic carbocycles. The van der Waals surface area contributed by atoms with Gasteiger partial charge in [-0.2, -0.15) is 4.98 Å². The first-order valence-electron chi connectivity index (χ1n) is 6.78. The van der Waals surface area contributed by atoms with Gasteiger partial charge in [0.25, 0.3) is 5.89 Å². The van der Waals surface area contributed by atoms with Gasteiger partial charge in [0.2, 0.25) is 0 Å². The maximum atomic E-state index is 5.39. The van der Waals surface area contributed by atoms with Crippen LogP contribution in [0.5, 0.6) is 0 Å². The van der Waals surface area contributed by atoms with E-state index in [0.29, 0.717) is 24.3 Å². The zero-order valence-corrected chi connectivity index (χ0v) is 11.6. The summed E-state index contributed by atoms with van der Waals surface area (Å²) in [5.74, 6) is 1.25. The minimum absolute atomic E-state index is 0.398. The Morgan fingerprint density at radius 1 is 1.10 bits per heavy atom. The highest BCUT2D eigenvalue weighted by Gasteiger charge is 2.11. The topological polar surface area (TPSA) is 51.0 Å². The first-order valence-corrected chi connectivity index (χ1v) is 6.78. The van der Waals surface area contributed by atoms with E-state index in [1.807, 2.05) is 24.3 Å². The van der Waals surface area contributed by atoms with Crippen LogP contribution in [0.2, 0.25) is 0 Å². The molecule has 3 rings (SSSR count). The van der Waals surface area contributed by atoms with Gasteiger partial charge < -0.3 is 9.84 Å². The van der Waals surface area contributed by atoms with Gasteiger partial charge in [-0.1, -0.05) is 55.4 Å². The number of fused-ring (bicyclic) bond motifs is 1. The minimum Gasteiger partial charge on any atom is -0.334 e. The fraction of sp³-hybridized carbons (Fsp3) is 0.250. The number of hydrogen-bond acceptors (Lipinski definition) is 4. The molecule has 0 spiro atoms. The predicted octanol–water partition coefficient (Wildman–Crippen LogP) is 3.39. The second kappa shape index (κ2) is 5.43. The van der Waals surface area contributed by atoms with Gasteiger partial charge in [-0.3, -0.25) is 0 Å². The lowest BCUT2D eigenvalue weighted by Crippen LogP contribution is -2.22. The molecule has 1 aromatic heterocycles. The molecule has 2 aromatic carbocycles. The van der Waals surface area contributed by atoms with Crippen LogP contribution in [0.1, 0.15) is 19.7 Å². The van der Waals surface area contributed by atoms with Crippen molar-refractivity contribution in [3.05, 3.63) is 48.3 Å². The zero-order valence-electron chi connectivity index (χ0n) is 11.6. The Balaban J connectivity index is 1.95. The van der Waals surface area contributed by atoms with Crippen molar-refractivity contribution in [1.82, 2.24) is 15.5 Å². The summed E-state index contributed by atoms with van der Waals surface area (Å²) >= 11 is 0. The normalized spacial score (nSPS) is 11.3. The van der Waals surface area contributed by atoms with Gasteiger partial charge in [-0.15, -0.1) is 0 Å². The molecule has 0 saturated carbocycles. The molecule has 0 aliphatic heterocycles. The Hall–Kier alpha value is -2.20. The summed E-state index contributed by atoms with van der Waals surface area (Å²) in [5, 5.41) is 9.60. The number of rotatable bonds is 4.